The zero-order valence-electron chi connectivity index (χ0n) is 11.4. The molecule has 1 aromatic carbocycles. The summed E-state index contributed by atoms with van der Waals surface area (Å²) in [6, 6.07) is 8.36. The van der Waals surface area contributed by atoms with Gasteiger partial charge in [0.1, 0.15) is 5.75 Å². The van der Waals surface area contributed by atoms with Gasteiger partial charge in [-0.25, -0.2) is 0 Å². The molecule has 1 fully saturated rings. The Labute approximate surface area is 115 Å². The number of benzene rings is 1. The summed E-state index contributed by atoms with van der Waals surface area (Å²) >= 11 is 0. The van der Waals surface area contributed by atoms with E-state index in [4.69, 9.17) is 9.47 Å². The third kappa shape index (κ3) is 3.28. The summed E-state index contributed by atoms with van der Waals surface area (Å²) in [5.74, 6) is 2.37. The first-order valence-electron chi connectivity index (χ1n) is 7.43. The van der Waals surface area contributed by atoms with Crippen LogP contribution in [-0.2, 0) is 4.74 Å². The minimum absolute atomic E-state index is 0.506. The van der Waals surface area contributed by atoms with Crippen molar-refractivity contribution >= 4 is 0 Å². The van der Waals surface area contributed by atoms with E-state index in [1.165, 1.54) is 31.5 Å². The summed E-state index contributed by atoms with van der Waals surface area (Å²) in [6.07, 6.45) is 3.57. The first kappa shape index (κ1) is 12.9. The van der Waals surface area contributed by atoms with Crippen LogP contribution in [0.15, 0.2) is 24.3 Å². The molecule has 104 valence electrons. The highest BCUT2D eigenvalue weighted by molar-refractivity contribution is 5.37. The van der Waals surface area contributed by atoms with Crippen molar-refractivity contribution in [3.8, 4) is 5.75 Å². The van der Waals surface area contributed by atoms with Gasteiger partial charge in [-0.15, -0.1) is 0 Å². The van der Waals surface area contributed by atoms with Crippen LogP contribution in [0.1, 0.15) is 30.7 Å². The summed E-state index contributed by atoms with van der Waals surface area (Å²) in [4.78, 5) is 0. The Morgan fingerprint density at radius 3 is 3.11 bits per heavy atom. The lowest BCUT2D eigenvalue weighted by Gasteiger charge is -2.25. The minimum atomic E-state index is 0.506. The van der Waals surface area contributed by atoms with Crippen LogP contribution in [0.2, 0.25) is 0 Å². The Balaban J connectivity index is 1.45. The standard InChI is InChI=1S/C16H23NO2/c1-2-4-16-15(3-1)14(7-10-19-16)12-18-9-6-13-5-8-17-11-13/h1-4,13-14,17H,5-12H2. The van der Waals surface area contributed by atoms with Gasteiger partial charge in [0.15, 0.2) is 0 Å². The van der Waals surface area contributed by atoms with Gasteiger partial charge in [0, 0.05) is 12.5 Å². The second kappa shape index (κ2) is 6.40. The van der Waals surface area contributed by atoms with Crippen LogP contribution in [0, 0.1) is 5.92 Å². The molecule has 3 nitrogen and oxygen atoms in total. The van der Waals surface area contributed by atoms with E-state index >= 15 is 0 Å². The number of hydrogen-bond acceptors (Lipinski definition) is 3. The van der Waals surface area contributed by atoms with Crippen LogP contribution < -0.4 is 10.1 Å². The summed E-state index contributed by atoms with van der Waals surface area (Å²) in [6.45, 7) is 4.89. The van der Waals surface area contributed by atoms with Crippen molar-refractivity contribution in [2.75, 3.05) is 32.9 Å². The SMILES string of the molecule is c1ccc2c(c1)OCCC2COCCC1CCNC1. The zero-order valence-corrected chi connectivity index (χ0v) is 11.4. The van der Waals surface area contributed by atoms with Gasteiger partial charge in [-0.05, 0) is 49.9 Å². The molecule has 0 aromatic heterocycles. The molecule has 0 spiro atoms. The molecule has 3 heteroatoms. The lowest BCUT2D eigenvalue weighted by molar-refractivity contribution is 0.0963. The van der Waals surface area contributed by atoms with E-state index in [0.29, 0.717) is 5.92 Å². The molecule has 19 heavy (non-hydrogen) atoms. The van der Waals surface area contributed by atoms with E-state index in [1.54, 1.807) is 0 Å². The number of para-hydroxylation sites is 1. The highest BCUT2D eigenvalue weighted by Gasteiger charge is 2.21. The highest BCUT2D eigenvalue weighted by Crippen LogP contribution is 2.33. The highest BCUT2D eigenvalue weighted by atomic mass is 16.5. The smallest absolute Gasteiger partial charge is 0.122 e. The van der Waals surface area contributed by atoms with Crippen molar-refractivity contribution in [3.05, 3.63) is 29.8 Å². The molecular weight excluding hydrogens is 238 g/mol. The predicted molar refractivity (Wildman–Crippen MR) is 75.7 cm³/mol. The Kier molecular flexibility index (Phi) is 4.36. The van der Waals surface area contributed by atoms with Gasteiger partial charge >= 0.3 is 0 Å². The molecule has 2 aliphatic rings. The van der Waals surface area contributed by atoms with Crippen molar-refractivity contribution in [1.82, 2.24) is 5.32 Å². The van der Waals surface area contributed by atoms with E-state index in [-0.39, 0.29) is 0 Å². The molecule has 2 heterocycles. The van der Waals surface area contributed by atoms with Crippen molar-refractivity contribution < 1.29 is 9.47 Å². The van der Waals surface area contributed by atoms with Gasteiger partial charge in [0.2, 0.25) is 0 Å². The quantitative estimate of drug-likeness (QED) is 0.826. The normalized spacial score (nSPS) is 25.9. The maximum Gasteiger partial charge on any atom is 0.122 e. The van der Waals surface area contributed by atoms with Gasteiger partial charge in [0.25, 0.3) is 0 Å². The van der Waals surface area contributed by atoms with Gasteiger partial charge in [-0.3, -0.25) is 0 Å². The first-order valence-corrected chi connectivity index (χ1v) is 7.43. The Hall–Kier alpha value is -1.06. The van der Waals surface area contributed by atoms with Crippen molar-refractivity contribution in [2.45, 2.75) is 25.2 Å². The number of rotatable bonds is 5. The number of fused-ring (bicyclic) bond motifs is 1. The fourth-order valence-corrected chi connectivity index (χ4v) is 3.03. The van der Waals surface area contributed by atoms with Crippen molar-refractivity contribution in [3.63, 3.8) is 0 Å². The average molecular weight is 261 g/mol. The van der Waals surface area contributed by atoms with E-state index in [0.717, 1.165) is 37.9 Å². The molecular formula is C16H23NO2. The Morgan fingerprint density at radius 2 is 2.21 bits per heavy atom. The molecule has 0 saturated carbocycles. The van der Waals surface area contributed by atoms with Crippen LogP contribution in [0.4, 0.5) is 0 Å². The second-order valence-electron chi connectivity index (χ2n) is 5.59. The maximum atomic E-state index is 5.91. The van der Waals surface area contributed by atoms with Gasteiger partial charge in [-0.2, -0.15) is 0 Å². The van der Waals surface area contributed by atoms with E-state index in [1.807, 2.05) is 6.07 Å². The molecule has 0 amide bonds. The molecule has 0 radical (unpaired) electrons. The molecule has 2 aliphatic heterocycles. The number of ether oxygens (including phenoxy) is 2. The topological polar surface area (TPSA) is 30.5 Å². The fourth-order valence-electron chi connectivity index (χ4n) is 3.03. The molecule has 0 bridgehead atoms. The molecule has 1 aromatic rings. The largest absolute Gasteiger partial charge is 0.493 e. The maximum absolute atomic E-state index is 5.91. The lowest BCUT2D eigenvalue weighted by Crippen LogP contribution is -2.19. The van der Waals surface area contributed by atoms with Crippen LogP contribution in [-0.4, -0.2) is 32.9 Å². The van der Waals surface area contributed by atoms with Crippen LogP contribution in [0.25, 0.3) is 0 Å². The van der Waals surface area contributed by atoms with Crippen LogP contribution in [0.5, 0.6) is 5.75 Å². The second-order valence-corrected chi connectivity index (χ2v) is 5.59. The molecule has 2 atom stereocenters. The van der Waals surface area contributed by atoms with Crippen molar-refractivity contribution in [2.24, 2.45) is 5.92 Å². The van der Waals surface area contributed by atoms with Crippen LogP contribution >= 0.6 is 0 Å². The molecule has 1 N–H and O–H groups in total. The lowest BCUT2D eigenvalue weighted by atomic mass is 9.94. The summed E-state index contributed by atoms with van der Waals surface area (Å²) in [5, 5.41) is 3.40. The van der Waals surface area contributed by atoms with E-state index < -0.39 is 0 Å². The average Bonchev–Trinajstić information content (AvgIpc) is 2.97. The fraction of sp³-hybridized carbons (Fsp3) is 0.625. The van der Waals surface area contributed by atoms with E-state index in [2.05, 4.69) is 23.5 Å². The Bertz CT molecular complexity index is 401. The third-order valence-corrected chi connectivity index (χ3v) is 4.23. The Morgan fingerprint density at radius 1 is 1.26 bits per heavy atom. The van der Waals surface area contributed by atoms with Gasteiger partial charge in [-0.1, -0.05) is 18.2 Å². The van der Waals surface area contributed by atoms with Gasteiger partial charge in [0.05, 0.1) is 13.2 Å². The zero-order chi connectivity index (χ0) is 12.9. The third-order valence-electron chi connectivity index (χ3n) is 4.23. The molecule has 3 rings (SSSR count). The number of nitrogens with one attached hydrogen (secondary N) is 1. The molecule has 1 saturated heterocycles. The predicted octanol–water partition coefficient (Wildman–Crippen LogP) is 2.57. The minimum Gasteiger partial charge on any atom is -0.493 e. The van der Waals surface area contributed by atoms with Crippen molar-refractivity contribution in [1.29, 1.82) is 0 Å². The van der Waals surface area contributed by atoms with Gasteiger partial charge < -0.3 is 14.8 Å². The molecule has 2 unspecified atom stereocenters. The molecule has 0 aliphatic carbocycles. The number of hydrogen-bond donors (Lipinski definition) is 1. The summed E-state index contributed by atoms with van der Waals surface area (Å²) in [5.41, 5.74) is 1.32. The first-order chi connectivity index (χ1) is 9.43. The summed E-state index contributed by atoms with van der Waals surface area (Å²) in [7, 11) is 0. The monoisotopic (exact) mass is 261 g/mol. The van der Waals surface area contributed by atoms with Crippen LogP contribution in [0.3, 0.4) is 0 Å². The van der Waals surface area contributed by atoms with E-state index in [9.17, 15) is 0 Å². The summed E-state index contributed by atoms with van der Waals surface area (Å²) < 4.78 is 11.6.